The monoisotopic (exact) mass is 373 g/mol. The van der Waals surface area contributed by atoms with Gasteiger partial charge in [0.2, 0.25) is 5.95 Å². The highest BCUT2D eigenvalue weighted by Gasteiger charge is 2.18. The van der Waals surface area contributed by atoms with Crippen molar-refractivity contribution in [2.24, 2.45) is 0 Å². The Hall–Kier alpha value is -2.74. The van der Waals surface area contributed by atoms with Gasteiger partial charge >= 0.3 is 0 Å². The van der Waals surface area contributed by atoms with E-state index in [9.17, 15) is 9.18 Å². The van der Waals surface area contributed by atoms with Crippen molar-refractivity contribution in [1.29, 1.82) is 0 Å². The lowest BCUT2D eigenvalue weighted by atomic mass is 10.3. The molecular formula is C19H24FN5O2. The zero-order valence-corrected chi connectivity index (χ0v) is 15.2. The summed E-state index contributed by atoms with van der Waals surface area (Å²) in [4.78, 5) is 24.9. The Kier molecular flexibility index (Phi) is 6.92. The Labute approximate surface area is 158 Å². The second kappa shape index (κ2) is 9.82. The van der Waals surface area contributed by atoms with E-state index in [1.54, 1.807) is 24.5 Å². The minimum Gasteiger partial charge on any atom is -0.481 e. The number of anilines is 1. The zero-order chi connectivity index (χ0) is 18.9. The summed E-state index contributed by atoms with van der Waals surface area (Å²) in [5.74, 6) is 0.154. The summed E-state index contributed by atoms with van der Waals surface area (Å²) in [5, 5.41) is 2.80. The molecule has 0 bridgehead atoms. The third-order valence-electron chi connectivity index (χ3n) is 4.38. The molecule has 1 aromatic heterocycles. The van der Waals surface area contributed by atoms with E-state index in [4.69, 9.17) is 4.74 Å². The van der Waals surface area contributed by atoms with Crippen LogP contribution in [0, 0.1) is 5.82 Å². The normalized spacial score (nSPS) is 14.8. The van der Waals surface area contributed by atoms with Crippen LogP contribution in [-0.2, 0) is 4.79 Å². The highest BCUT2D eigenvalue weighted by Crippen LogP contribution is 2.14. The van der Waals surface area contributed by atoms with Gasteiger partial charge in [-0.15, -0.1) is 0 Å². The Balaban J connectivity index is 1.27. The summed E-state index contributed by atoms with van der Waals surface area (Å²) in [6.45, 7) is 4.99. The molecule has 1 fully saturated rings. The molecule has 144 valence electrons. The lowest BCUT2D eigenvalue weighted by Crippen LogP contribution is -2.47. The molecule has 1 aromatic carbocycles. The summed E-state index contributed by atoms with van der Waals surface area (Å²) < 4.78 is 18.6. The molecule has 0 aliphatic carbocycles. The van der Waals surface area contributed by atoms with Gasteiger partial charge in [-0.05, 0) is 31.2 Å². The van der Waals surface area contributed by atoms with E-state index in [0.717, 1.165) is 45.1 Å². The number of amides is 1. The molecule has 3 rings (SSSR count). The number of benzene rings is 1. The molecule has 2 aromatic rings. The largest absolute Gasteiger partial charge is 0.481 e. The smallest absolute Gasteiger partial charge is 0.257 e. The van der Waals surface area contributed by atoms with E-state index in [-0.39, 0.29) is 18.3 Å². The van der Waals surface area contributed by atoms with Gasteiger partial charge in [0.15, 0.2) is 18.2 Å². The average Bonchev–Trinajstić information content (AvgIpc) is 2.72. The van der Waals surface area contributed by atoms with Gasteiger partial charge in [-0.3, -0.25) is 9.69 Å². The third kappa shape index (κ3) is 5.89. The number of para-hydroxylation sites is 1. The topological polar surface area (TPSA) is 70.6 Å². The maximum Gasteiger partial charge on any atom is 0.257 e. The highest BCUT2D eigenvalue weighted by molar-refractivity contribution is 5.77. The lowest BCUT2D eigenvalue weighted by molar-refractivity contribution is -0.123. The number of carbonyl (C=O) groups excluding carboxylic acids is 1. The fourth-order valence-electron chi connectivity index (χ4n) is 2.91. The second-order valence-electron chi connectivity index (χ2n) is 6.30. The first-order valence-corrected chi connectivity index (χ1v) is 9.11. The van der Waals surface area contributed by atoms with E-state index in [2.05, 4.69) is 25.1 Å². The molecule has 0 saturated carbocycles. The maximum atomic E-state index is 13.4. The molecule has 0 radical (unpaired) electrons. The summed E-state index contributed by atoms with van der Waals surface area (Å²) in [5.41, 5.74) is 0. The summed E-state index contributed by atoms with van der Waals surface area (Å²) in [7, 11) is 0. The lowest BCUT2D eigenvalue weighted by Gasteiger charge is -2.34. The number of hydrogen-bond donors (Lipinski definition) is 1. The predicted molar refractivity (Wildman–Crippen MR) is 100 cm³/mol. The number of nitrogens with zero attached hydrogens (tertiary/aromatic N) is 4. The molecule has 0 atom stereocenters. The molecule has 0 unspecified atom stereocenters. The van der Waals surface area contributed by atoms with Gasteiger partial charge in [0.25, 0.3) is 5.91 Å². The number of rotatable bonds is 8. The van der Waals surface area contributed by atoms with E-state index in [1.807, 2.05) is 6.07 Å². The van der Waals surface area contributed by atoms with Crippen molar-refractivity contribution in [3.8, 4) is 5.75 Å². The van der Waals surface area contributed by atoms with Crippen molar-refractivity contribution < 1.29 is 13.9 Å². The molecular weight excluding hydrogens is 349 g/mol. The SMILES string of the molecule is O=C(COc1ccccc1F)NCCCN1CCN(c2ncccn2)CC1. The molecule has 27 heavy (non-hydrogen) atoms. The van der Waals surface area contributed by atoms with Gasteiger partial charge in [0.1, 0.15) is 0 Å². The van der Waals surface area contributed by atoms with Crippen LogP contribution in [0.4, 0.5) is 10.3 Å². The quantitative estimate of drug-likeness (QED) is 0.704. The van der Waals surface area contributed by atoms with Crippen molar-refractivity contribution in [2.75, 3.05) is 50.8 Å². The first kappa shape index (κ1) is 19.0. The molecule has 1 aliphatic heterocycles. The highest BCUT2D eigenvalue weighted by atomic mass is 19.1. The minimum atomic E-state index is -0.467. The van der Waals surface area contributed by atoms with E-state index < -0.39 is 5.82 Å². The van der Waals surface area contributed by atoms with Gasteiger partial charge in [0, 0.05) is 45.1 Å². The molecule has 1 amide bonds. The van der Waals surface area contributed by atoms with Gasteiger partial charge in [0.05, 0.1) is 0 Å². The van der Waals surface area contributed by atoms with Crippen LogP contribution in [-0.4, -0.2) is 66.7 Å². The van der Waals surface area contributed by atoms with E-state index in [1.165, 1.54) is 12.1 Å². The van der Waals surface area contributed by atoms with Gasteiger partial charge in [-0.25, -0.2) is 14.4 Å². The predicted octanol–water partition coefficient (Wildman–Crippen LogP) is 1.32. The van der Waals surface area contributed by atoms with Crippen molar-refractivity contribution >= 4 is 11.9 Å². The Morgan fingerprint density at radius 1 is 1.11 bits per heavy atom. The molecule has 1 saturated heterocycles. The number of aromatic nitrogens is 2. The van der Waals surface area contributed by atoms with Gasteiger partial charge in [-0.1, -0.05) is 12.1 Å². The molecule has 2 heterocycles. The number of nitrogens with one attached hydrogen (secondary N) is 1. The Morgan fingerprint density at radius 3 is 2.59 bits per heavy atom. The Bertz CT molecular complexity index is 723. The molecule has 1 N–H and O–H groups in total. The number of hydrogen-bond acceptors (Lipinski definition) is 6. The molecule has 0 spiro atoms. The van der Waals surface area contributed by atoms with Crippen LogP contribution in [0.25, 0.3) is 0 Å². The fraction of sp³-hybridized carbons (Fsp3) is 0.421. The van der Waals surface area contributed by atoms with Crippen LogP contribution in [0.15, 0.2) is 42.7 Å². The van der Waals surface area contributed by atoms with Crippen molar-refractivity contribution in [2.45, 2.75) is 6.42 Å². The van der Waals surface area contributed by atoms with E-state index >= 15 is 0 Å². The maximum absolute atomic E-state index is 13.4. The van der Waals surface area contributed by atoms with Crippen LogP contribution in [0.1, 0.15) is 6.42 Å². The summed E-state index contributed by atoms with van der Waals surface area (Å²) in [6.07, 6.45) is 4.37. The van der Waals surface area contributed by atoms with Crippen LogP contribution >= 0.6 is 0 Å². The first-order valence-electron chi connectivity index (χ1n) is 9.11. The van der Waals surface area contributed by atoms with Crippen molar-refractivity contribution in [3.05, 3.63) is 48.5 Å². The van der Waals surface area contributed by atoms with Crippen molar-refractivity contribution in [1.82, 2.24) is 20.2 Å². The summed E-state index contributed by atoms with van der Waals surface area (Å²) >= 11 is 0. The van der Waals surface area contributed by atoms with Gasteiger partial charge < -0.3 is 15.0 Å². The standard InChI is InChI=1S/C19H24FN5O2/c20-16-5-1-2-6-17(16)27-15-18(26)21-9-4-10-24-11-13-25(14-12-24)19-22-7-3-8-23-19/h1-3,5-8H,4,9-15H2,(H,21,26). The van der Waals surface area contributed by atoms with E-state index in [0.29, 0.717) is 6.54 Å². The van der Waals surface area contributed by atoms with Crippen LogP contribution in [0.3, 0.4) is 0 Å². The van der Waals surface area contributed by atoms with Crippen molar-refractivity contribution in [3.63, 3.8) is 0 Å². The number of halogens is 1. The molecule has 8 heteroatoms. The van der Waals surface area contributed by atoms with Gasteiger partial charge in [-0.2, -0.15) is 0 Å². The number of carbonyl (C=O) groups is 1. The van der Waals surface area contributed by atoms with Crippen LogP contribution in [0.2, 0.25) is 0 Å². The Morgan fingerprint density at radius 2 is 1.85 bits per heavy atom. The van der Waals surface area contributed by atoms with Crippen LogP contribution in [0.5, 0.6) is 5.75 Å². The fourth-order valence-corrected chi connectivity index (χ4v) is 2.91. The summed E-state index contributed by atoms with van der Waals surface area (Å²) in [6, 6.07) is 7.87. The number of ether oxygens (including phenoxy) is 1. The van der Waals surface area contributed by atoms with Crippen LogP contribution < -0.4 is 15.0 Å². The zero-order valence-electron chi connectivity index (χ0n) is 15.2. The minimum absolute atomic E-state index is 0.0907. The average molecular weight is 373 g/mol. The third-order valence-corrected chi connectivity index (χ3v) is 4.38. The molecule has 7 nitrogen and oxygen atoms in total. The molecule has 1 aliphatic rings. The number of piperazine rings is 1. The first-order chi connectivity index (χ1) is 13.2. The second-order valence-corrected chi connectivity index (χ2v) is 6.30.